The quantitative estimate of drug-likeness (QED) is 0.762. The molecule has 2 bridgehead atoms. The number of hydrogen-bond acceptors (Lipinski definition) is 4. The summed E-state index contributed by atoms with van der Waals surface area (Å²) < 4.78 is 8.29. The number of benzene rings is 1. The van der Waals surface area contributed by atoms with Gasteiger partial charge in [0.2, 0.25) is 0 Å². The highest BCUT2D eigenvalue weighted by Gasteiger charge is 2.45. The average molecular weight is 382 g/mol. The van der Waals surface area contributed by atoms with E-state index in [0.29, 0.717) is 17.5 Å². The van der Waals surface area contributed by atoms with Crippen LogP contribution in [-0.4, -0.2) is 65.2 Å². The number of likely N-dealkylation sites (tertiary alicyclic amines) is 1. The maximum atomic E-state index is 13.2. The molecule has 2 atom stereocenters. The van der Waals surface area contributed by atoms with E-state index in [1.165, 1.54) is 32.4 Å². The number of hydrogen-bond donors (Lipinski definition) is 0. The molecule has 1 aromatic heterocycles. The largest absolute Gasteiger partial charge is 0.457 e. The Bertz CT molecular complexity index is 847. The normalized spacial score (nSPS) is 30.6. The predicted molar refractivity (Wildman–Crippen MR) is 110 cm³/mol. The molecule has 0 N–H and O–H groups in total. The monoisotopic (exact) mass is 381 g/mol. The number of esters is 1. The second kappa shape index (κ2) is 7.53. The van der Waals surface area contributed by atoms with Crippen LogP contribution in [0.25, 0.3) is 10.9 Å². The number of nitrogens with zero attached hydrogens (tertiary/aromatic N) is 3. The molecule has 5 heterocycles. The fourth-order valence-electron chi connectivity index (χ4n) is 5.59. The first-order valence-corrected chi connectivity index (χ1v) is 10.9. The lowest BCUT2D eigenvalue weighted by molar-refractivity contribution is -0.0926. The Kier molecular flexibility index (Phi) is 4.89. The molecule has 1 aromatic carbocycles. The number of carbonyl (C=O) groups excluding carboxylic acids is 1. The Balaban J connectivity index is 1.37. The van der Waals surface area contributed by atoms with E-state index in [-0.39, 0.29) is 12.1 Å². The highest BCUT2D eigenvalue weighted by Crippen LogP contribution is 2.36. The van der Waals surface area contributed by atoms with E-state index in [4.69, 9.17) is 4.74 Å². The van der Waals surface area contributed by atoms with E-state index < -0.39 is 0 Å². The molecule has 150 valence electrons. The molecule has 28 heavy (non-hydrogen) atoms. The van der Waals surface area contributed by atoms with Crippen LogP contribution in [0.5, 0.6) is 0 Å². The summed E-state index contributed by atoms with van der Waals surface area (Å²) in [7, 11) is 1.99. The van der Waals surface area contributed by atoms with Crippen LogP contribution < -0.4 is 0 Å². The van der Waals surface area contributed by atoms with Gasteiger partial charge in [0.15, 0.2) is 0 Å². The lowest BCUT2D eigenvalue weighted by Gasteiger charge is -2.51. The average Bonchev–Trinajstić information content (AvgIpc) is 3.08. The minimum atomic E-state index is -0.154. The Labute approximate surface area is 167 Å². The summed E-state index contributed by atoms with van der Waals surface area (Å²) in [5.74, 6) is 0.359. The van der Waals surface area contributed by atoms with Gasteiger partial charge in [-0.3, -0.25) is 4.90 Å². The lowest BCUT2D eigenvalue weighted by Crippen LogP contribution is -2.62. The number of ether oxygens (including phenoxy) is 1. The molecule has 0 radical (unpaired) electrons. The van der Waals surface area contributed by atoms with Crippen LogP contribution in [0.1, 0.15) is 42.5 Å². The number of aromatic nitrogens is 1. The fourth-order valence-corrected chi connectivity index (χ4v) is 5.59. The van der Waals surface area contributed by atoms with Crippen LogP contribution in [0, 0.1) is 5.92 Å². The van der Waals surface area contributed by atoms with Gasteiger partial charge in [0.25, 0.3) is 0 Å². The molecule has 5 heteroatoms. The number of aryl methyl sites for hydroxylation is 1. The van der Waals surface area contributed by atoms with Crippen LogP contribution in [-0.2, 0) is 11.8 Å². The third-order valence-electron chi connectivity index (χ3n) is 7.14. The molecule has 0 aliphatic carbocycles. The van der Waals surface area contributed by atoms with Crippen LogP contribution in [0.4, 0.5) is 0 Å². The lowest BCUT2D eigenvalue weighted by atomic mass is 9.80. The van der Waals surface area contributed by atoms with Gasteiger partial charge in [-0.2, -0.15) is 0 Å². The zero-order valence-electron chi connectivity index (χ0n) is 16.8. The SMILES string of the molecule is Cn1cc(C(=O)OC2C3CCN(CC3)C2CN2CCCCC2)c2ccccc21. The van der Waals surface area contributed by atoms with Crippen molar-refractivity contribution in [2.45, 2.75) is 44.2 Å². The van der Waals surface area contributed by atoms with Crippen molar-refractivity contribution in [3.63, 3.8) is 0 Å². The molecule has 0 spiro atoms. The Hall–Kier alpha value is -1.85. The molecule has 5 nitrogen and oxygen atoms in total. The van der Waals surface area contributed by atoms with Crippen LogP contribution in [0.3, 0.4) is 0 Å². The molecule has 4 saturated heterocycles. The van der Waals surface area contributed by atoms with Crippen LogP contribution >= 0.6 is 0 Å². The van der Waals surface area contributed by atoms with Gasteiger partial charge >= 0.3 is 5.97 Å². The molecule has 0 amide bonds. The highest BCUT2D eigenvalue weighted by molar-refractivity contribution is 6.04. The van der Waals surface area contributed by atoms with Crippen molar-refractivity contribution in [2.24, 2.45) is 13.0 Å². The summed E-state index contributed by atoms with van der Waals surface area (Å²) in [6.45, 7) is 5.75. The molecule has 4 aliphatic rings. The van der Waals surface area contributed by atoms with Gasteiger partial charge in [-0.25, -0.2) is 4.79 Å². The van der Waals surface area contributed by atoms with Crippen LogP contribution in [0.15, 0.2) is 30.5 Å². The van der Waals surface area contributed by atoms with Gasteiger partial charge in [-0.15, -0.1) is 0 Å². The fraction of sp³-hybridized carbons (Fsp3) is 0.609. The first-order valence-electron chi connectivity index (χ1n) is 10.9. The number of fused-ring (bicyclic) bond motifs is 4. The number of rotatable bonds is 4. The maximum Gasteiger partial charge on any atom is 0.340 e. The predicted octanol–water partition coefficient (Wildman–Crippen LogP) is 3.28. The molecular formula is C23H31N3O2. The molecule has 6 rings (SSSR count). The molecule has 0 saturated carbocycles. The first-order chi connectivity index (χ1) is 13.7. The van der Waals surface area contributed by atoms with Crippen molar-refractivity contribution in [1.82, 2.24) is 14.4 Å². The molecule has 2 aromatic rings. The van der Waals surface area contributed by atoms with E-state index >= 15 is 0 Å². The third kappa shape index (κ3) is 3.25. The topological polar surface area (TPSA) is 37.7 Å². The first kappa shape index (κ1) is 18.2. The second-order valence-electron chi connectivity index (χ2n) is 8.84. The van der Waals surface area contributed by atoms with E-state index in [1.807, 2.05) is 36.0 Å². The van der Waals surface area contributed by atoms with Crippen molar-refractivity contribution in [2.75, 3.05) is 32.7 Å². The van der Waals surface area contributed by atoms with Gasteiger partial charge in [0.1, 0.15) is 6.10 Å². The van der Waals surface area contributed by atoms with Gasteiger partial charge in [0.05, 0.1) is 11.6 Å². The summed E-state index contributed by atoms with van der Waals surface area (Å²) in [6.07, 6.45) is 8.22. The molecule has 4 fully saturated rings. The molecule has 4 aliphatic heterocycles. The van der Waals surface area contributed by atoms with Gasteiger partial charge in [0, 0.05) is 30.7 Å². The summed E-state index contributed by atoms with van der Waals surface area (Å²) in [6, 6.07) is 8.43. The molecular weight excluding hydrogens is 350 g/mol. The number of carbonyl (C=O) groups is 1. The summed E-state index contributed by atoms with van der Waals surface area (Å²) in [5, 5.41) is 0.990. The van der Waals surface area contributed by atoms with E-state index in [1.54, 1.807) is 0 Å². The summed E-state index contributed by atoms with van der Waals surface area (Å²) >= 11 is 0. The van der Waals surface area contributed by atoms with Crippen molar-refractivity contribution in [1.29, 1.82) is 0 Å². The van der Waals surface area contributed by atoms with E-state index in [0.717, 1.165) is 43.4 Å². The molecule has 2 unspecified atom stereocenters. The number of piperidine rings is 4. The third-order valence-corrected chi connectivity index (χ3v) is 7.14. The number of para-hydroxylation sites is 1. The smallest absolute Gasteiger partial charge is 0.340 e. The van der Waals surface area contributed by atoms with E-state index in [9.17, 15) is 4.79 Å². The summed E-state index contributed by atoms with van der Waals surface area (Å²) in [4.78, 5) is 18.4. The minimum Gasteiger partial charge on any atom is -0.457 e. The second-order valence-corrected chi connectivity index (χ2v) is 8.84. The van der Waals surface area contributed by atoms with Crippen molar-refractivity contribution in [3.8, 4) is 0 Å². The van der Waals surface area contributed by atoms with Crippen molar-refractivity contribution < 1.29 is 9.53 Å². The highest BCUT2D eigenvalue weighted by atomic mass is 16.5. The van der Waals surface area contributed by atoms with Crippen LogP contribution in [0.2, 0.25) is 0 Å². The van der Waals surface area contributed by atoms with Gasteiger partial charge in [-0.05, 0) is 63.8 Å². The van der Waals surface area contributed by atoms with Gasteiger partial charge < -0.3 is 14.2 Å². The zero-order valence-corrected chi connectivity index (χ0v) is 16.8. The maximum absolute atomic E-state index is 13.2. The van der Waals surface area contributed by atoms with E-state index in [2.05, 4.69) is 15.9 Å². The Morgan fingerprint density at radius 1 is 1.07 bits per heavy atom. The minimum absolute atomic E-state index is 0.0240. The zero-order chi connectivity index (χ0) is 19.1. The van der Waals surface area contributed by atoms with Crippen molar-refractivity contribution >= 4 is 16.9 Å². The Morgan fingerprint density at radius 2 is 1.82 bits per heavy atom. The Morgan fingerprint density at radius 3 is 2.61 bits per heavy atom. The van der Waals surface area contributed by atoms with Crippen molar-refractivity contribution in [3.05, 3.63) is 36.0 Å². The standard InChI is InChI=1S/C23H31N3O2/c1-24-15-19(18-7-3-4-8-20(18)24)23(27)28-22-17-9-13-26(14-10-17)21(22)16-25-11-5-2-6-12-25/h3-4,7-8,15,17,21-22H,2,5-6,9-14,16H2,1H3. The van der Waals surface area contributed by atoms with Gasteiger partial charge in [-0.1, -0.05) is 24.6 Å². The summed E-state index contributed by atoms with van der Waals surface area (Å²) in [5.41, 5.74) is 1.78.